The molecule has 0 unspecified atom stereocenters. The van der Waals surface area contributed by atoms with E-state index in [0.29, 0.717) is 54.6 Å². The lowest BCUT2D eigenvalue weighted by atomic mass is 9.99. The molecule has 0 radical (unpaired) electrons. The van der Waals surface area contributed by atoms with Gasteiger partial charge >= 0.3 is 23.9 Å². The summed E-state index contributed by atoms with van der Waals surface area (Å²) in [7, 11) is 0. The van der Waals surface area contributed by atoms with Crippen molar-refractivity contribution in [1.29, 1.82) is 0 Å². The molecule has 0 aromatic heterocycles. The number of carboxylic acids is 1. The number of rotatable bonds is 22. The second kappa shape index (κ2) is 21.0. The van der Waals surface area contributed by atoms with Crippen molar-refractivity contribution in [3.63, 3.8) is 0 Å². The van der Waals surface area contributed by atoms with Crippen LogP contribution in [-0.2, 0) is 19.1 Å². The molecule has 0 saturated carbocycles. The van der Waals surface area contributed by atoms with Gasteiger partial charge in [-0.25, -0.2) is 19.2 Å². The molecule has 0 aliphatic heterocycles. The third kappa shape index (κ3) is 13.5. The predicted molar refractivity (Wildman–Crippen MR) is 185 cm³/mol. The summed E-state index contributed by atoms with van der Waals surface area (Å²) in [6, 6.07) is 16.0. The van der Waals surface area contributed by atoms with E-state index in [1.807, 2.05) is 0 Å². The van der Waals surface area contributed by atoms with Gasteiger partial charge in [0.2, 0.25) is 0 Å². The summed E-state index contributed by atoms with van der Waals surface area (Å²) >= 11 is 6.49. The normalized spacial score (nSPS) is 10.5. The van der Waals surface area contributed by atoms with Gasteiger partial charge in [0.05, 0.1) is 42.6 Å². The number of carbonyl (C=O) groups excluding carboxylic acids is 3. The maximum absolute atomic E-state index is 12.8. The number of ether oxygens (including phenoxy) is 5. The molecule has 11 heteroatoms. The number of hydrogen-bond acceptors (Lipinski definition) is 9. The maximum atomic E-state index is 12.8. The highest BCUT2D eigenvalue weighted by Crippen LogP contribution is 2.34. The van der Waals surface area contributed by atoms with Crippen molar-refractivity contribution in [3.8, 4) is 28.4 Å². The van der Waals surface area contributed by atoms with Crippen molar-refractivity contribution in [2.75, 3.05) is 26.4 Å². The first-order valence-corrected chi connectivity index (χ1v) is 16.4. The Hall–Kier alpha value is -5.09. The molecule has 0 atom stereocenters. The largest absolute Gasteiger partial charge is 0.494 e. The molecule has 0 fully saturated rings. The second-order valence-electron chi connectivity index (χ2n) is 10.8. The van der Waals surface area contributed by atoms with Crippen molar-refractivity contribution in [1.82, 2.24) is 0 Å². The summed E-state index contributed by atoms with van der Waals surface area (Å²) in [6.07, 6.45) is 8.97. The summed E-state index contributed by atoms with van der Waals surface area (Å²) < 4.78 is 27.0. The van der Waals surface area contributed by atoms with Crippen LogP contribution in [0.3, 0.4) is 0 Å². The minimum atomic E-state index is -1.11. The van der Waals surface area contributed by atoms with E-state index in [1.54, 1.807) is 48.5 Å². The van der Waals surface area contributed by atoms with Crippen LogP contribution in [-0.4, -0.2) is 55.4 Å². The fourth-order valence-electron chi connectivity index (χ4n) is 4.59. The molecule has 1 N–H and O–H groups in total. The van der Waals surface area contributed by atoms with E-state index < -0.39 is 23.9 Å². The molecular formula is C38H41ClO10. The van der Waals surface area contributed by atoms with E-state index in [2.05, 4.69) is 13.2 Å². The average molecular weight is 693 g/mol. The van der Waals surface area contributed by atoms with Crippen LogP contribution < -0.4 is 14.2 Å². The summed E-state index contributed by atoms with van der Waals surface area (Å²) in [5.74, 6) is -1.33. The third-order valence-corrected chi connectivity index (χ3v) is 7.49. The Morgan fingerprint density at radius 3 is 1.71 bits per heavy atom. The Bertz CT molecular complexity index is 1580. The SMILES string of the molecule is C=CC(=O)OCCCCCCOc1ccc(C(=O)Oc2ccc(-c3cc(OCCCCCCOC(=O)C=C)ccc3C(=O)O)cc2Cl)cc1. The van der Waals surface area contributed by atoms with Gasteiger partial charge in [0.1, 0.15) is 17.2 Å². The number of aromatic carboxylic acids is 1. The summed E-state index contributed by atoms with van der Waals surface area (Å²) in [4.78, 5) is 46.9. The van der Waals surface area contributed by atoms with Gasteiger partial charge < -0.3 is 28.8 Å². The summed E-state index contributed by atoms with van der Waals surface area (Å²) in [6.45, 7) is 8.37. The molecule has 0 amide bonds. The van der Waals surface area contributed by atoms with Crippen molar-refractivity contribution in [2.24, 2.45) is 0 Å². The molecule has 10 nitrogen and oxygen atoms in total. The van der Waals surface area contributed by atoms with Crippen LogP contribution in [0, 0.1) is 0 Å². The minimum Gasteiger partial charge on any atom is -0.494 e. The predicted octanol–water partition coefficient (Wildman–Crippen LogP) is 8.26. The van der Waals surface area contributed by atoms with Gasteiger partial charge in [-0.05, 0) is 117 Å². The van der Waals surface area contributed by atoms with Crippen LogP contribution in [0.4, 0.5) is 0 Å². The molecule has 49 heavy (non-hydrogen) atoms. The highest BCUT2D eigenvalue weighted by molar-refractivity contribution is 6.32. The van der Waals surface area contributed by atoms with Crippen LogP contribution in [0.5, 0.6) is 17.2 Å². The zero-order chi connectivity index (χ0) is 35.4. The first kappa shape index (κ1) is 38.4. The monoisotopic (exact) mass is 692 g/mol. The van der Waals surface area contributed by atoms with Crippen LogP contribution >= 0.6 is 11.6 Å². The quantitative estimate of drug-likeness (QED) is 0.0474. The fourth-order valence-corrected chi connectivity index (χ4v) is 4.81. The molecule has 0 spiro atoms. The van der Waals surface area contributed by atoms with E-state index in [1.165, 1.54) is 12.1 Å². The van der Waals surface area contributed by atoms with E-state index >= 15 is 0 Å². The molecule has 260 valence electrons. The Balaban J connectivity index is 1.50. The van der Waals surface area contributed by atoms with Crippen molar-refractivity contribution in [3.05, 3.63) is 102 Å². The van der Waals surface area contributed by atoms with Crippen LogP contribution in [0.2, 0.25) is 5.02 Å². The van der Waals surface area contributed by atoms with E-state index in [4.69, 9.17) is 35.3 Å². The van der Waals surface area contributed by atoms with Gasteiger partial charge in [0, 0.05) is 12.2 Å². The topological polar surface area (TPSA) is 135 Å². The molecule has 0 bridgehead atoms. The van der Waals surface area contributed by atoms with Gasteiger partial charge in [-0.3, -0.25) is 0 Å². The maximum Gasteiger partial charge on any atom is 0.343 e. The molecule has 0 heterocycles. The van der Waals surface area contributed by atoms with Crippen molar-refractivity contribution >= 4 is 35.5 Å². The van der Waals surface area contributed by atoms with E-state index in [0.717, 1.165) is 63.5 Å². The van der Waals surface area contributed by atoms with Gasteiger partial charge in [-0.1, -0.05) is 30.8 Å². The zero-order valence-corrected chi connectivity index (χ0v) is 28.1. The number of halogens is 1. The number of benzene rings is 3. The van der Waals surface area contributed by atoms with Gasteiger partial charge in [0.15, 0.2) is 0 Å². The van der Waals surface area contributed by atoms with Crippen molar-refractivity contribution in [2.45, 2.75) is 51.4 Å². The van der Waals surface area contributed by atoms with E-state index in [9.17, 15) is 24.3 Å². The Kier molecular flexibility index (Phi) is 16.4. The first-order valence-electron chi connectivity index (χ1n) is 16.0. The standard InChI is InChI=1S/C38H41ClO10/c1-3-35(40)47-23-11-7-5-9-21-45-29-16-13-27(14-17-29)38(44)49-34-20-15-28(25-33(34)39)32-26-30(18-19-31(32)37(42)43)46-22-10-6-8-12-24-48-36(41)4-2/h3-4,13-20,25-26H,1-2,5-12,21-24H2,(H,42,43). The third-order valence-electron chi connectivity index (χ3n) is 7.19. The van der Waals surface area contributed by atoms with Crippen molar-refractivity contribution < 1.29 is 48.0 Å². The Morgan fingerprint density at radius 2 is 1.18 bits per heavy atom. The number of hydrogen-bond donors (Lipinski definition) is 1. The summed E-state index contributed by atoms with van der Waals surface area (Å²) in [5.41, 5.74) is 1.28. The van der Waals surface area contributed by atoms with Crippen LogP contribution in [0.25, 0.3) is 11.1 Å². The second-order valence-corrected chi connectivity index (χ2v) is 11.2. The highest BCUT2D eigenvalue weighted by atomic mass is 35.5. The number of carbonyl (C=O) groups is 4. The molecule has 3 aromatic carbocycles. The first-order chi connectivity index (χ1) is 23.7. The Morgan fingerprint density at radius 1 is 0.653 bits per heavy atom. The molecule has 3 rings (SSSR count). The molecule has 3 aromatic rings. The summed E-state index contributed by atoms with van der Waals surface area (Å²) in [5, 5.41) is 9.92. The number of carboxylic acid groups (broad SMARTS) is 1. The number of unbranched alkanes of at least 4 members (excludes halogenated alkanes) is 6. The van der Waals surface area contributed by atoms with Gasteiger partial charge in [-0.2, -0.15) is 0 Å². The lowest BCUT2D eigenvalue weighted by Gasteiger charge is -2.13. The van der Waals surface area contributed by atoms with Crippen LogP contribution in [0.1, 0.15) is 72.1 Å². The van der Waals surface area contributed by atoms with Gasteiger partial charge in [0.25, 0.3) is 0 Å². The fraction of sp³-hybridized carbons (Fsp3) is 0.316. The highest BCUT2D eigenvalue weighted by Gasteiger charge is 2.17. The average Bonchev–Trinajstić information content (AvgIpc) is 3.11. The van der Waals surface area contributed by atoms with Crippen LogP contribution in [0.15, 0.2) is 86.0 Å². The smallest absolute Gasteiger partial charge is 0.343 e. The Labute approximate surface area is 291 Å². The van der Waals surface area contributed by atoms with E-state index in [-0.39, 0.29) is 16.3 Å². The molecular weight excluding hydrogens is 652 g/mol. The molecule has 0 aliphatic carbocycles. The molecule has 0 aliphatic rings. The lowest BCUT2D eigenvalue weighted by molar-refractivity contribution is -0.138. The minimum absolute atomic E-state index is 0.0658. The molecule has 0 saturated heterocycles. The lowest BCUT2D eigenvalue weighted by Crippen LogP contribution is -2.09. The zero-order valence-electron chi connectivity index (χ0n) is 27.3. The van der Waals surface area contributed by atoms with Gasteiger partial charge in [-0.15, -0.1) is 0 Å². The number of esters is 3.